The minimum Gasteiger partial charge on any atom is -0.478 e. The molecule has 1 atom stereocenters. The van der Waals surface area contributed by atoms with E-state index in [1.54, 1.807) is 23.9 Å². The highest BCUT2D eigenvalue weighted by Crippen LogP contribution is 2.46. The predicted molar refractivity (Wildman–Crippen MR) is 83.1 cm³/mol. The van der Waals surface area contributed by atoms with Crippen molar-refractivity contribution in [3.05, 3.63) is 65.9 Å². The highest BCUT2D eigenvalue weighted by molar-refractivity contribution is 8.00. The number of hydrogen-bond acceptors (Lipinski definition) is 4. The van der Waals surface area contributed by atoms with Crippen LogP contribution in [-0.2, 0) is 0 Å². The van der Waals surface area contributed by atoms with Crippen molar-refractivity contribution in [3.63, 3.8) is 0 Å². The van der Waals surface area contributed by atoms with Crippen molar-refractivity contribution >= 4 is 29.1 Å². The number of carboxylic acid groups (broad SMARTS) is 1. The number of rotatable bonds is 2. The van der Waals surface area contributed by atoms with E-state index in [1.807, 2.05) is 24.3 Å². The van der Waals surface area contributed by atoms with Crippen LogP contribution in [0.4, 0.5) is 5.69 Å². The predicted octanol–water partition coefficient (Wildman–Crippen LogP) is 3.18. The third kappa shape index (κ3) is 1.97. The van der Waals surface area contributed by atoms with E-state index < -0.39 is 5.97 Å². The Labute approximate surface area is 126 Å². The molecule has 0 aliphatic carbocycles. The number of thioether (sulfide) groups is 1. The fourth-order valence-corrected chi connectivity index (χ4v) is 3.78. The molecule has 5 heteroatoms. The summed E-state index contributed by atoms with van der Waals surface area (Å²) < 4.78 is 0. The van der Waals surface area contributed by atoms with E-state index in [0.29, 0.717) is 5.56 Å². The molecule has 2 N–H and O–H groups in total. The zero-order valence-corrected chi connectivity index (χ0v) is 11.8. The van der Waals surface area contributed by atoms with Gasteiger partial charge >= 0.3 is 5.97 Å². The summed E-state index contributed by atoms with van der Waals surface area (Å²) in [6.07, 6.45) is 2.08. The van der Waals surface area contributed by atoms with Gasteiger partial charge in [0.2, 0.25) is 0 Å². The molecule has 0 fully saturated rings. The first-order valence-electron chi connectivity index (χ1n) is 6.58. The summed E-state index contributed by atoms with van der Waals surface area (Å²) in [5.41, 5.74) is 3.71. The van der Waals surface area contributed by atoms with Crippen LogP contribution >= 0.6 is 11.8 Å². The van der Waals surface area contributed by atoms with Gasteiger partial charge in [0, 0.05) is 11.1 Å². The second-order valence-corrected chi connectivity index (χ2v) is 6.04. The van der Waals surface area contributed by atoms with E-state index in [4.69, 9.17) is 5.11 Å². The number of nitrogens with zero attached hydrogens (tertiary/aromatic N) is 1. The van der Waals surface area contributed by atoms with Gasteiger partial charge in [-0.1, -0.05) is 42.1 Å². The lowest BCUT2D eigenvalue weighted by atomic mass is 10.2. The molecule has 2 aromatic rings. The third-order valence-corrected chi connectivity index (χ3v) is 4.76. The summed E-state index contributed by atoms with van der Waals surface area (Å²) in [7, 11) is 0. The van der Waals surface area contributed by atoms with Gasteiger partial charge in [0.25, 0.3) is 0 Å². The number of aromatic carboxylic acids is 1. The normalized spacial score (nSPS) is 18.8. The molecule has 2 aromatic carbocycles. The van der Waals surface area contributed by atoms with Crippen molar-refractivity contribution in [2.45, 2.75) is 10.4 Å². The maximum Gasteiger partial charge on any atom is 0.335 e. The standard InChI is InChI=1S/C16H12N2O2S/c19-15(20)11-6-7-13-14(8-11)21-16-17-12(9-18(13)16)10-4-2-1-3-5-10/h1-9,16-17H,(H,19,20)/t16-/m1/s1. The van der Waals surface area contributed by atoms with Crippen LogP contribution in [0, 0.1) is 0 Å². The van der Waals surface area contributed by atoms with Crippen molar-refractivity contribution < 1.29 is 9.90 Å². The largest absolute Gasteiger partial charge is 0.478 e. The van der Waals surface area contributed by atoms with Crippen LogP contribution in [0.15, 0.2) is 59.6 Å². The van der Waals surface area contributed by atoms with E-state index in [1.165, 1.54) is 0 Å². The van der Waals surface area contributed by atoms with Crippen molar-refractivity contribution in [3.8, 4) is 0 Å². The van der Waals surface area contributed by atoms with Gasteiger partial charge in [0.1, 0.15) is 0 Å². The number of benzene rings is 2. The lowest BCUT2D eigenvalue weighted by Gasteiger charge is -2.15. The lowest BCUT2D eigenvalue weighted by Crippen LogP contribution is -2.28. The molecule has 4 nitrogen and oxygen atoms in total. The number of anilines is 1. The fraction of sp³-hybridized carbons (Fsp3) is 0.0625. The average Bonchev–Trinajstić information content (AvgIpc) is 3.04. The van der Waals surface area contributed by atoms with E-state index in [0.717, 1.165) is 21.8 Å². The molecular formula is C16H12N2O2S. The topological polar surface area (TPSA) is 52.6 Å². The summed E-state index contributed by atoms with van der Waals surface area (Å²) in [5, 5.41) is 12.5. The fourth-order valence-electron chi connectivity index (χ4n) is 2.58. The molecule has 0 unspecified atom stereocenters. The Kier molecular flexibility index (Phi) is 2.68. The van der Waals surface area contributed by atoms with E-state index in [-0.39, 0.29) is 5.50 Å². The minimum atomic E-state index is -0.890. The van der Waals surface area contributed by atoms with E-state index in [2.05, 4.69) is 28.5 Å². The summed E-state index contributed by atoms with van der Waals surface area (Å²) in [6, 6.07) is 15.4. The van der Waals surface area contributed by atoms with Crippen molar-refractivity contribution in [2.24, 2.45) is 0 Å². The Morgan fingerprint density at radius 2 is 2.00 bits per heavy atom. The molecule has 104 valence electrons. The molecule has 0 amide bonds. The summed E-state index contributed by atoms with van der Waals surface area (Å²) in [4.78, 5) is 14.2. The first kappa shape index (κ1) is 12.3. The van der Waals surface area contributed by atoms with Gasteiger partial charge in [0.05, 0.1) is 16.9 Å². The molecular weight excluding hydrogens is 284 g/mol. The van der Waals surface area contributed by atoms with Gasteiger partial charge in [-0.2, -0.15) is 0 Å². The Hall–Kier alpha value is -2.40. The number of hydrogen-bond donors (Lipinski definition) is 2. The first-order chi connectivity index (χ1) is 10.2. The average molecular weight is 296 g/mol. The number of carboxylic acids is 1. The summed E-state index contributed by atoms with van der Waals surface area (Å²) >= 11 is 1.64. The van der Waals surface area contributed by atoms with Crippen LogP contribution in [0.5, 0.6) is 0 Å². The van der Waals surface area contributed by atoms with Gasteiger partial charge in [-0.15, -0.1) is 0 Å². The molecule has 0 radical (unpaired) electrons. The van der Waals surface area contributed by atoms with Gasteiger partial charge in [-0.05, 0) is 23.8 Å². The van der Waals surface area contributed by atoms with Gasteiger partial charge in [-0.25, -0.2) is 4.79 Å². The van der Waals surface area contributed by atoms with Crippen LogP contribution in [0.1, 0.15) is 15.9 Å². The zero-order chi connectivity index (χ0) is 14.4. The van der Waals surface area contributed by atoms with Gasteiger partial charge < -0.3 is 15.3 Å². The first-order valence-corrected chi connectivity index (χ1v) is 7.46. The molecule has 2 aliphatic rings. The molecule has 2 heterocycles. The Balaban J connectivity index is 1.70. The van der Waals surface area contributed by atoms with Crippen molar-refractivity contribution in [2.75, 3.05) is 4.90 Å². The third-order valence-electron chi connectivity index (χ3n) is 3.61. The molecule has 0 saturated heterocycles. The zero-order valence-electron chi connectivity index (χ0n) is 11.0. The highest BCUT2D eigenvalue weighted by Gasteiger charge is 2.34. The van der Waals surface area contributed by atoms with Gasteiger partial charge in [0.15, 0.2) is 5.50 Å². The second kappa shape index (κ2) is 4.56. The van der Waals surface area contributed by atoms with Crippen LogP contribution in [-0.4, -0.2) is 16.6 Å². The molecule has 0 saturated carbocycles. The number of nitrogens with one attached hydrogen (secondary N) is 1. The minimum absolute atomic E-state index is 0.0965. The van der Waals surface area contributed by atoms with Crippen LogP contribution in [0.2, 0.25) is 0 Å². The van der Waals surface area contributed by atoms with Gasteiger partial charge in [-0.3, -0.25) is 0 Å². The van der Waals surface area contributed by atoms with Crippen molar-refractivity contribution in [1.29, 1.82) is 0 Å². The Morgan fingerprint density at radius 1 is 1.19 bits per heavy atom. The quantitative estimate of drug-likeness (QED) is 0.891. The molecule has 0 spiro atoms. The van der Waals surface area contributed by atoms with E-state index >= 15 is 0 Å². The maximum absolute atomic E-state index is 11.0. The highest BCUT2D eigenvalue weighted by atomic mass is 32.2. The molecule has 0 bridgehead atoms. The molecule has 0 aromatic heterocycles. The lowest BCUT2D eigenvalue weighted by molar-refractivity contribution is 0.0696. The maximum atomic E-state index is 11.0. The smallest absolute Gasteiger partial charge is 0.335 e. The second-order valence-electron chi connectivity index (χ2n) is 4.92. The molecule has 4 rings (SSSR count). The van der Waals surface area contributed by atoms with Crippen LogP contribution in [0.25, 0.3) is 5.70 Å². The molecule has 2 aliphatic heterocycles. The van der Waals surface area contributed by atoms with Crippen LogP contribution in [0.3, 0.4) is 0 Å². The van der Waals surface area contributed by atoms with Crippen LogP contribution < -0.4 is 10.2 Å². The van der Waals surface area contributed by atoms with Crippen molar-refractivity contribution in [1.82, 2.24) is 5.32 Å². The Morgan fingerprint density at radius 3 is 2.76 bits per heavy atom. The summed E-state index contributed by atoms with van der Waals surface area (Å²) in [5.74, 6) is -0.890. The number of fused-ring (bicyclic) bond motifs is 3. The number of carbonyl (C=O) groups is 1. The summed E-state index contributed by atoms with van der Waals surface area (Å²) in [6.45, 7) is 0. The van der Waals surface area contributed by atoms with E-state index in [9.17, 15) is 4.79 Å². The monoisotopic (exact) mass is 296 g/mol. The SMILES string of the molecule is O=C(O)c1ccc2c(c1)S[C@@H]1NC(c3ccccc3)=CN21. The molecule has 21 heavy (non-hydrogen) atoms. The Bertz CT molecular complexity index is 758.